The van der Waals surface area contributed by atoms with E-state index >= 15 is 0 Å². The van der Waals surface area contributed by atoms with Gasteiger partial charge in [0.25, 0.3) is 5.91 Å². The van der Waals surface area contributed by atoms with Crippen LogP contribution >= 0.6 is 0 Å². The second kappa shape index (κ2) is 4.89. The van der Waals surface area contributed by atoms with Crippen LogP contribution in [0.15, 0.2) is 6.20 Å². The topological polar surface area (TPSA) is 81.2 Å². The summed E-state index contributed by atoms with van der Waals surface area (Å²) in [7, 11) is 1.73. The van der Waals surface area contributed by atoms with E-state index in [-0.39, 0.29) is 24.9 Å². The molecule has 0 unspecified atom stereocenters. The number of rotatable bonds is 3. The van der Waals surface area contributed by atoms with Crippen molar-refractivity contribution in [1.29, 1.82) is 0 Å². The Labute approximate surface area is 94.0 Å². The number of nitrogens with two attached hydrogens (primary N) is 1. The number of hydrogen-bond donors (Lipinski definition) is 1. The third kappa shape index (κ3) is 2.46. The van der Waals surface area contributed by atoms with Crippen LogP contribution in [0.25, 0.3) is 0 Å². The molecular weight excluding hydrogens is 208 g/mol. The van der Waals surface area contributed by atoms with Gasteiger partial charge in [-0.15, -0.1) is 0 Å². The number of amides is 2. The van der Waals surface area contributed by atoms with Crippen molar-refractivity contribution in [3.8, 4) is 0 Å². The predicted octanol–water partition coefficient (Wildman–Crippen LogP) is -0.324. The maximum absolute atomic E-state index is 12.0. The zero-order valence-electron chi connectivity index (χ0n) is 9.73. The number of imide groups is 1. The molecule has 0 aromatic carbocycles. The van der Waals surface area contributed by atoms with Crippen LogP contribution in [-0.4, -0.2) is 39.6 Å². The molecule has 88 valence electrons. The first-order chi connectivity index (χ1) is 7.47. The maximum Gasteiger partial charge on any atom is 0.263 e. The lowest BCUT2D eigenvalue weighted by Crippen LogP contribution is -2.39. The molecule has 2 N–H and O–H groups in total. The normalized spacial score (nSPS) is 10.2. The van der Waals surface area contributed by atoms with Gasteiger partial charge in [-0.3, -0.25) is 19.2 Å². The highest BCUT2D eigenvalue weighted by Gasteiger charge is 2.22. The van der Waals surface area contributed by atoms with Gasteiger partial charge in [-0.2, -0.15) is 5.10 Å². The predicted molar refractivity (Wildman–Crippen MR) is 58.7 cm³/mol. The zero-order chi connectivity index (χ0) is 12.3. The number of aryl methyl sites for hydroxylation is 2. The molecule has 0 aliphatic carbocycles. The molecule has 6 nitrogen and oxygen atoms in total. The highest BCUT2D eigenvalue weighted by molar-refractivity contribution is 6.04. The van der Waals surface area contributed by atoms with Crippen LogP contribution in [0.1, 0.15) is 23.0 Å². The lowest BCUT2D eigenvalue weighted by Gasteiger charge is -2.17. The molecule has 0 spiro atoms. The Bertz CT molecular complexity index is 411. The van der Waals surface area contributed by atoms with E-state index in [0.29, 0.717) is 11.3 Å². The van der Waals surface area contributed by atoms with Gasteiger partial charge in [-0.25, -0.2) is 0 Å². The number of aromatic nitrogens is 2. The highest BCUT2D eigenvalue weighted by atomic mass is 16.2. The van der Waals surface area contributed by atoms with Crippen molar-refractivity contribution in [3.05, 3.63) is 17.5 Å². The first-order valence-corrected chi connectivity index (χ1v) is 5.00. The summed E-state index contributed by atoms with van der Waals surface area (Å²) in [6.45, 7) is 3.56. The van der Waals surface area contributed by atoms with Gasteiger partial charge < -0.3 is 5.73 Å². The van der Waals surface area contributed by atoms with E-state index in [0.717, 1.165) is 4.90 Å². The number of carbonyl (C=O) groups is 2. The maximum atomic E-state index is 12.0. The quantitative estimate of drug-likeness (QED) is 0.762. The summed E-state index contributed by atoms with van der Waals surface area (Å²) in [5.74, 6) is -0.651. The van der Waals surface area contributed by atoms with Crippen LogP contribution in [0.3, 0.4) is 0 Å². The van der Waals surface area contributed by atoms with Crippen molar-refractivity contribution in [2.24, 2.45) is 12.8 Å². The van der Waals surface area contributed by atoms with Gasteiger partial charge in [0.05, 0.1) is 11.3 Å². The fourth-order valence-electron chi connectivity index (χ4n) is 1.49. The third-order valence-electron chi connectivity index (χ3n) is 2.22. The van der Waals surface area contributed by atoms with Crippen molar-refractivity contribution in [3.63, 3.8) is 0 Å². The fraction of sp³-hybridized carbons (Fsp3) is 0.500. The molecule has 0 radical (unpaired) electrons. The summed E-state index contributed by atoms with van der Waals surface area (Å²) in [6.07, 6.45) is 1.60. The molecule has 0 atom stereocenters. The van der Waals surface area contributed by atoms with Crippen LogP contribution in [-0.2, 0) is 11.8 Å². The Hall–Kier alpha value is -1.69. The Morgan fingerprint density at radius 3 is 2.56 bits per heavy atom. The summed E-state index contributed by atoms with van der Waals surface area (Å²) in [5, 5.41) is 4.06. The first kappa shape index (κ1) is 12.4. The summed E-state index contributed by atoms with van der Waals surface area (Å²) >= 11 is 0. The van der Waals surface area contributed by atoms with Gasteiger partial charge in [0, 0.05) is 33.3 Å². The molecule has 1 aromatic rings. The molecule has 0 saturated heterocycles. The van der Waals surface area contributed by atoms with Crippen LogP contribution < -0.4 is 5.73 Å². The number of hydrogen-bond acceptors (Lipinski definition) is 4. The highest BCUT2D eigenvalue weighted by Crippen LogP contribution is 2.09. The molecule has 0 bridgehead atoms. The largest absolute Gasteiger partial charge is 0.329 e. The smallest absolute Gasteiger partial charge is 0.263 e. The molecule has 0 fully saturated rings. The number of carbonyl (C=O) groups excluding carboxylic acids is 2. The molecule has 0 aliphatic rings. The van der Waals surface area contributed by atoms with Crippen molar-refractivity contribution in [2.75, 3.05) is 13.1 Å². The van der Waals surface area contributed by atoms with Crippen LogP contribution in [0.4, 0.5) is 0 Å². The van der Waals surface area contributed by atoms with E-state index in [2.05, 4.69) is 5.10 Å². The Kier molecular flexibility index (Phi) is 3.78. The minimum atomic E-state index is -0.344. The van der Waals surface area contributed by atoms with Crippen molar-refractivity contribution >= 4 is 11.8 Å². The summed E-state index contributed by atoms with van der Waals surface area (Å²) in [4.78, 5) is 24.4. The fourth-order valence-corrected chi connectivity index (χ4v) is 1.49. The zero-order valence-corrected chi connectivity index (χ0v) is 9.73. The van der Waals surface area contributed by atoms with Gasteiger partial charge in [0.1, 0.15) is 0 Å². The second-order valence-electron chi connectivity index (χ2n) is 3.57. The summed E-state index contributed by atoms with van der Waals surface area (Å²) < 4.78 is 1.54. The molecule has 0 aliphatic heterocycles. The average molecular weight is 224 g/mol. The summed E-state index contributed by atoms with van der Waals surface area (Å²) in [6, 6.07) is 0. The first-order valence-electron chi connectivity index (χ1n) is 5.00. The van der Waals surface area contributed by atoms with Crippen molar-refractivity contribution < 1.29 is 9.59 Å². The monoisotopic (exact) mass is 224 g/mol. The van der Waals surface area contributed by atoms with E-state index in [9.17, 15) is 9.59 Å². The van der Waals surface area contributed by atoms with Crippen LogP contribution in [0.5, 0.6) is 0 Å². The standard InChI is InChI=1S/C10H16N4O2/c1-7-9(6-13(3)12-7)10(16)14(5-4-11)8(2)15/h6H,4-5,11H2,1-3H3. The average Bonchev–Trinajstić information content (AvgIpc) is 2.53. The third-order valence-corrected chi connectivity index (χ3v) is 2.22. The SMILES string of the molecule is CC(=O)N(CCN)C(=O)c1cn(C)nc1C. The lowest BCUT2D eigenvalue weighted by molar-refractivity contribution is -0.126. The van der Waals surface area contributed by atoms with E-state index in [1.54, 1.807) is 24.9 Å². The molecule has 1 heterocycles. The van der Waals surface area contributed by atoms with Gasteiger partial charge >= 0.3 is 0 Å². The Morgan fingerprint density at radius 2 is 2.19 bits per heavy atom. The van der Waals surface area contributed by atoms with Gasteiger partial charge in [0.2, 0.25) is 5.91 Å². The van der Waals surface area contributed by atoms with Crippen LogP contribution in [0.2, 0.25) is 0 Å². The minimum absolute atomic E-state index is 0.225. The Morgan fingerprint density at radius 1 is 1.56 bits per heavy atom. The molecule has 1 rings (SSSR count). The van der Waals surface area contributed by atoms with Crippen LogP contribution in [0, 0.1) is 6.92 Å². The van der Waals surface area contributed by atoms with E-state index in [1.807, 2.05) is 0 Å². The minimum Gasteiger partial charge on any atom is -0.329 e. The van der Waals surface area contributed by atoms with Gasteiger partial charge in [-0.05, 0) is 6.92 Å². The van der Waals surface area contributed by atoms with E-state index in [4.69, 9.17) is 5.73 Å². The molecule has 0 saturated carbocycles. The second-order valence-corrected chi connectivity index (χ2v) is 3.57. The molecule has 2 amide bonds. The lowest BCUT2D eigenvalue weighted by atomic mass is 10.2. The van der Waals surface area contributed by atoms with Crippen molar-refractivity contribution in [1.82, 2.24) is 14.7 Å². The van der Waals surface area contributed by atoms with E-state index in [1.165, 1.54) is 6.92 Å². The molecule has 6 heteroatoms. The molecule has 1 aromatic heterocycles. The summed E-state index contributed by atoms with van der Waals surface area (Å²) in [5.41, 5.74) is 6.40. The van der Waals surface area contributed by atoms with Gasteiger partial charge in [-0.1, -0.05) is 0 Å². The van der Waals surface area contributed by atoms with E-state index < -0.39 is 0 Å². The van der Waals surface area contributed by atoms with Crippen molar-refractivity contribution in [2.45, 2.75) is 13.8 Å². The Balaban J connectivity index is 2.99. The molecule has 16 heavy (non-hydrogen) atoms. The molecular formula is C10H16N4O2. The number of nitrogens with zero attached hydrogens (tertiary/aromatic N) is 3. The van der Waals surface area contributed by atoms with Gasteiger partial charge in [0.15, 0.2) is 0 Å².